The molecule has 0 saturated heterocycles. The molecule has 0 heterocycles. The highest BCUT2D eigenvalue weighted by Gasteiger charge is 2.17. The normalized spacial score (nSPS) is 11.1. The van der Waals surface area contributed by atoms with Crippen molar-refractivity contribution in [2.75, 3.05) is 0 Å². The average Bonchev–Trinajstić information content (AvgIpc) is 2.73. The average molecular weight is 233 g/mol. The monoisotopic (exact) mass is 233 g/mol. The van der Waals surface area contributed by atoms with Gasteiger partial charge in [-0.2, -0.15) is 0 Å². The summed E-state index contributed by atoms with van der Waals surface area (Å²) in [5, 5.41) is 0. The number of rotatable bonds is 0. The maximum atomic E-state index is 10.6. The van der Waals surface area contributed by atoms with E-state index in [1.54, 1.807) is 0 Å². The highest BCUT2D eigenvalue weighted by atomic mass is 16.1. The van der Waals surface area contributed by atoms with Crippen LogP contribution in [-0.2, 0) is 11.2 Å². The molecule has 0 bridgehead atoms. The third kappa shape index (κ3) is 1.76. The van der Waals surface area contributed by atoms with Crippen LogP contribution in [0, 0.1) is 11.8 Å². The Hall–Kier alpha value is -2.53. The molecule has 2 heteroatoms. The zero-order valence-corrected chi connectivity index (χ0v) is 9.73. The van der Waals surface area contributed by atoms with E-state index in [-0.39, 0.29) is 0 Å². The largest absolute Gasteiger partial charge is 0.359 e. The van der Waals surface area contributed by atoms with Gasteiger partial charge in [0, 0.05) is 5.56 Å². The van der Waals surface area contributed by atoms with Crippen LogP contribution in [0.3, 0.4) is 0 Å². The number of primary amides is 1. The van der Waals surface area contributed by atoms with Gasteiger partial charge in [0.2, 0.25) is 0 Å². The minimum atomic E-state index is -0.598. The van der Waals surface area contributed by atoms with Crippen molar-refractivity contribution in [3.05, 3.63) is 59.2 Å². The van der Waals surface area contributed by atoms with Crippen LogP contribution in [0.1, 0.15) is 16.7 Å². The zero-order chi connectivity index (χ0) is 12.5. The van der Waals surface area contributed by atoms with E-state index in [1.165, 1.54) is 22.3 Å². The first-order valence-corrected chi connectivity index (χ1v) is 5.77. The molecule has 0 spiro atoms. The third-order valence-electron chi connectivity index (χ3n) is 3.12. The molecule has 0 saturated carbocycles. The van der Waals surface area contributed by atoms with E-state index in [0.29, 0.717) is 0 Å². The van der Waals surface area contributed by atoms with Crippen LogP contribution in [0.4, 0.5) is 0 Å². The smallest absolute Gasteiger partial charge is 0.293 e. The molecule has 3 rings (SSSR count). The van der Waals surface area contributed by atoms with Gasteiger partial charge in [0.05, 0.1) is 0 Å². The van der Waals surface area contributed by atoms with E-state index in [1.807, 2.05) is 12.1 Å². The molecule has 0 fully saturated rings. The third-order valence-corrected chi connectivity index (χ3v) is 3.12. The summed E-state index contributed by atoms with van der Waals surface area (Å²) in [6, 6.07) is 14.4. The number of fused-ring (bicyclic) bond motifs is 3. The Balaban J connectivity index is 2.04. The highest BCUT2D eigenvalue weighted by Crippen LogP contribution is 2.36. The Morgan fingerprint density at radius 1 is 1.06 bits per heavy atom. The molecular formula is C16H11NO. The molecule has 2 N–H and O–H groups in total. The van der Waals surface area contributed by atoms with Gasteiger partial charge in [-0.1, -0.05) is 36.3 Å². The molecule has 1 aliphatic carbocycles. The Bertz CT molecular complexity index is 705. The minimum absolute atomic E-state index is 0.598. The van der Waals surface area contributed by atoms with Crippen molar-refractivity contribution in [3.8, 4) is 23.0 Å². The van der Waals surface area contributed by atoms with Crippen LogP contribution in [0.5, 0.6) is 0 Å². The standard InChI is InChI=1S/C16H11NO/c17-16(18)8-6-11-5-7-15-13(9-11)10-12-3-1-2-4-14(12)15/h1-5,7,9H,10H2,(H2,17,18). The quantitative estimate of drug-likeness (QED) is 0.594. The summed E-state index contributed by atoms with van der Waals surface area (Å²) in [6.07, 6.45) is 0.928. The Labute approximate surface area is 105 Å². The van der Waals surface area contributed by atoms with Gasteiger partial charge in [-0.3, -0.25) is 4.79 Å². The van der Waals surface area contributed by atoms with E-state index in [4.69, 9.17) is 5.73 Å². The molecule has 0 unspecified atom stereocenters. The molecule has 0 radical (unpaired) electrons. The van der Waals surface area contributed by atoms with Crippen molar-refractivity contribution in [2.45, 2.75) is 6.42 Å². The second kappa shape index (κ2) is 4.05. The molecule has 2 nitrogen and oxygen atoms in total. The number of carbonyl (C=O) groups is 1. The fraction of sp³-hybridized carbons (Fsp3) is 0.0625. The van der Waals surface area contributed by atoms with Gasteiger partial charge in [0.15, 0.2) is 0 Å². The maximum Gasteiger partial charge on any atom is 0.293 e. The van der Waals surface area contributed by atoms with Crippen LogP contribution < -0.4 is 5.73 Å². The summed E-state index contributed by atoms with van der Waals surface area (Å²) < 4.78 is 0. The Morgan fingerprint density at radius 2 is 1.83 bits per heavy atom. The molecule has 86 valence electrons. The van der Waals surface area contributed by atoms with E-state index in [0.717, 1.165) is 12.0 Å². The molecule has 0 atom stereocenters. The van der Waals surface area contributed by atoms with Crippen molar-refractivity contribution >= 4 is 5.91 Å². The first-order chi connectivity index (χ1) is 8.74. The lowest BCUT2D eigenvalue weighted by molar-refractivity contribution is -0.112. The molecule has 1 aliphatic rings. The van der Waals surface area contributed by atoms with E-state index in [9.17, 15) is 4.79 Å². The highest BCUT2D eigenvalue weighted by molar-refractivity contribution is 5.92. The molecule has 2 aromatic rings. The van der Waals surface area contributed by atoms with Crippen molar-refractivity contribution in [1.29, 1.82) is 0 Å². The first-order valence-electron chi connectivity index (χ1n) is 5.77. The predicted octanol–water partition coefficient (Wildman–Crippen LogP) is 2.09. The van der Waals surface area contributed by atoms with Gasteiger partial charge in [0.25, 0.3) is 5.91 Å². The minimum Gasteiger partial charge on any atom is -0.359 e. The second-order valence-corrected chi connectivity index (χ2v) is 4.32. The number of hydrogen-bond acceptors (Lipinski definition) is 1. The molecule has 18 heavy (non-hydrogen) atoms. The van der Waals surface area contributed by atoms with Crippen LogP contribution in [0.15, 0.2) is 42.5 Å². The van der Waals surface area contributed by atoms with Crippen LogP contribution in [0.25, 0.3) is 11.1 Å². The van der Waals surface area contributed by atoms with Gasteiger partial charge in [-0.05, 0) is 46.7 Å². The number of amides is 1. The van der Waals surface area contributed by atoms with Crippen molar-refractivity contribution in [3.63, 3.8) is 0 Å². The van der Waals surface area contributed by atoms with Gasteiger partial charge in [-0.25, -0.2) is 0 Å². The van der Waals surface area contributed by atoms with Crippen molar-refractivity contribution in [1.82, 2.24) is 0 Å². The summed E-state index contributed by atoms with van der Waals surface area (Å²) >= 11 is 0. The van der Waals surface area contributed by atoms with Gasteiger partial charge in [-0.15, -0.1) is 0 Å². The Kier molecular flexibility index (Phi) is 2.39. The lowest BCUT2D eigenvalue weighted by Crippen LogP contribution is -2.06. The van der Waals surface area contributed by atoms with E-state index < -0.39 is 5.91 Å². The summed E-state index contributed by atoms with van der Waals surface area (Å²) in [5.41, 5.74) is 11.0. The molecule has 2 aromatic carbocycles. The van der Waals surface area contributed by atoms with E-state index >= 15 is 0 Å². The van der Waals surface area contributed by atoms with Gasteiger partial charge < -0.3 is 5.73 Å². The maximum absolute atomic E-state index is 10.6. The number of nitrogens with two attached hydrogens (primary N) is 1. The molecular weight excluding hydrogens is 222 g/mol. The van der Waals surface area contributed by atoms with Crippen LogP contribution >= 0.6 is 0 Å². The van der Waals surface area contributed by atoms with Gasteiger partial charge >= 0.3 is 0 Å². The SMILES string of the molecule is NC(=O)C#Cc1ccc2c(c1)Cc1ccccc1-2. The Morgan fingerprint density at radius 3 is 2.67 bits per heavy atom. The summed E-state index contributed by atoms with van der Waals surface area (Å²) in [7, 11) is 0. The van der Waals surface area contributed by atoms with Crippen molar-refractivity contribution < 1.29 is 4.79 Å². The summed E-state index contributed by atoms with van der Waals surface area (Å²) in [4.78, 5) is 10.6. The number of carbonyl (C=O) groups excluding carboxylic acids is 1. The topological polar surface area (TPSA) is 43.1 Å². The molecule has 1 amide bonds. The molecule has 0 aliphatic heterocycles. The zero-order valence-electron chi connectivity index (χ0n) is 9.73. The molecule has 0 aromatic heterocycles. The van der Waals surface area contributed by atoms with Crippen LogP contribution in [-0.4, -0.2) is 5.91 Å². The van der Waals surface area contributed by atoms with Crippen molar-refractivity contribution in [2.24, 2.45) is 5.73 Å². The number of hydrogen-bond donors (Lipinski definition) is 1. The fourth-order valence-corrected chi connectivity index (χ4v) is 2.36. The number of benzene rings is 2. The fourth-order valence-electron chi connectivity index (χ4n) is 2.36. The lowest BCUT2D eigenvalue weighted by Gasteiger charge is -2.00. The van der Waals surface area contributed by atoms with E-state index in [2.05, 4.69) is 42.2 Å². The predicted molar refractivity (Wildman–Crippen MR) is 70.8 cm³/mol. The second-order valence-electron chi connectivity index (χ2n) is 4.32. The van der Waals surface area contributed by atoms with Crippen LogP contribution in [0.2, 0.25) is 0 Å². The lowest BCUT2D eigenvalue weighted by atomic mass is 10.0. The summed E-state index contributed by atoms with van der Waals surface area (Å²) in [5.74, 6) is 4.54. The first kappa shape index (κ1) is 10.6. The van der Waals surface area contributed by atoms with Gasteiger partial charge in [0.1, 0.15) is 0 Å². The summed E-state index contributed by atoms with van der Waals surface area (Å²) in [6.45, 7) is 0.